The summed E-state index contributed by atoms with van der Waals surface area (Å²) in [5.74, 6) is 1.07. The first-order valence-electron chi connectivity index (χ1n) is 10.2. The fourth-order valence-electron chi connectivity index (χ4n) is 3.37. The molecule has 3 aromatic rings. The van der Waals surface area contributed by atoms with Crippen molar-refractivity contribution < 1.29 is 14.3 Å². The molecular formula is C26H24N2O3S. The minimum Gasteiger partial charge on any atom is -0.493 e. The molecular weight excluding hydrogens is 420 g/mol. The number of amides is 1. The number of para-hydroxylation sites is 1. The maximum atomic E-state index is 13.5. The van der Waals surface area contributed by atoms with E-state index in [0.29, 0.717) is 21.6 Å². The molecule has 1 fully saturated rings. The van der Waals surface area contributed by atoms with Gasteiger partial charge in [0.05, 0.1) is 30.5 Å². The zero-order chi connectivity index (χ0) is 22.7. The summed E-state index contributed by atoms with van der Waals surface area (Å²) in [5.41, 5.74) is 4.62. The lowest BCUT2D eigenvalue weighted by Crippen LogP contribution is -2.28. The number of carbonyl (C=O) groups is 1. The van der Waals surface area contributed by atoms with Gasteiger partial charge >= 0.3 is 0 Å². The molecule has 0 spiro atoms. The number of thioether (sulfide) groups is 1. The van der Waals surface area contributed by atoms with Crippen molar-refractivity contribution in [3.63, 3.8) is 0 Å². The van der Waals surface area contributed by atoms with Crippen LogP contribution in [0.1, 0.15) is 16.7 Å². The zero-order valence-electron chi connectivity index (χ0n) is 18.5. The highest BCUT2D eigenvalue weighted by molar-refractivity contribution is 8.19. The van der Waals surface area contributed by atoms with Gasteiger partial charge < -0.3 is 9.47 Å². The summed E-state index contributed by atoms with van der Waals surface area (Å²) in [6.45, 7) is 4.05. The number of aliphatic imine (C=N–C) groups is 1. The van der Waals surface area contributed by atoms with Gasteiger partial charge in [0.25, 0.3) is 5.91 Å². The molecule has 0 radical (unpaired) electrons. The Morgan fingerprint density at radius 2 is 1.53 bits per heavy atom. The minimum absolute atomic E-state index is 0.130. The molecule has 0 unspecified atom stereocenters. The lowest BCUT2D eigenvalue weighted by Gasteiger charge is -2.16. The maximum Gasteiger partial charge on any atom is 0.271 e. The van der Waals surface area contributed by atoms with Crippen LogP contribution >= 0.6 is 11.8 Å². The summed E-state index contributed by atoms with van der Waals surface area (Å²) >= 11 is 1.34. The van der Waals surface area contributed by atoms with Crippen LogP contribution in [0.3, 0.4) is 0 Å². The number of methoxy groups -OCH3 is 2. The van der Waals surface area contributed by atoms with E-state index in [1.54, 1.807) is 19.1 Å². The first kappa shape index (κ1) is 21.7. The number of hydrogen-bond acceptors (Lipinski definition) is 5. The van der Waals surface area contributed by atoms with E-state index in [4.69, 9.17) is 14.5 Å². The average molecular weight is 445 g/mol. The van der Waals surface area contributed by atoms with Crippen LogP contribution in [0.25, 0.3) is 6.08 Å². The molecule has 0 aromatic heterocycles. The Morgan fingerprint density at radius 3 is 2.16 bits per heavy atom. The standard InChI is InChI=1S/C26H24N2O3S/c1-17-8-12-20(13-9-17)27-26-28(21-14-10-18(2)11-15-21)25(29)23(32-26)16-19-6-5-7-22(30-3)24(19)31-4/h5-16H,1-4H3/b23-16-,27-26?. The summed E-state index contributed by atoms with van der Waals surface area (Å²) in [4.78, 5) is 20.5. The number of anilines is 1. The van der Waals surface area contributed by atoms with Crippen molar-refractivity contribution >= 4 is 40.3 Å². The van der Waals surface area contributed by atoms with Crippen LogP contribution in [0.4, 0.5) is 11.4 Å². The van der Waals surface area contributed by atoms with Crippen molar-refractivity contribution in [2.75, 3.05) is 19.1 Å². The zero-order valence-corrected chi connectivity index (χ0v) is 19.3. The van der Waals surface area contributed by atoms with Crippen molar-refractivity contribution in [2.45, 2.75) is 13.8 Å². The third kappa shape index (κ3) is 4.41. The lowest BCUT2D eigenvalue weighted by molar-refractivity contribution is -0.113. The first-order valence-corrected chi connectivity index (χ1v) is 11.0. The molecule has 0 saturated carbocycles. The Kier molecular flexibility index (Phi) is 6.32. The third-order valence-corrected chi connectivity index (χ3v) is 6.05. The number of amidine groups is 1. The van der Waals surface area contributed by atoms with Crippen molar-refractivity contribution in [3.05, 3.63) is 88.3 Å². The van der Waals surface area contributed by atoms with E-state index < -0.39 is 0 Å². The second-order valence-electron chi connectivity index (χ2n) is 7.40. The molecule has 162 valence electrons. The van der Waals surface area contributed by atoms with Crippen LogP contribution in [-0.4, -0.2) is 25.3 Å². The topological polar surface area (TPSA) is 51.1 Å². The fourth-order valence-corrected chi connectivity index (χ4v) is 4.36. The van der Waals surface area contributed by atoms with Gasteiger partial charge in [-0.15, -0.1) is 0 Å². The molecule has 32 heavy (non-hydrogen) atoms. The average Bonchev–Trinajstić information content (AvgIpc) is 3.10. The van der Waals surface area contributed by atoms with Gasteiger partial charge in [-0.25, -0.2) is 4.99 Å². The van der Waals surface area contributed by atoms with E-state index in [1.807, 2.05) is 86.7 Å². The number of rotatable bonds is 5. The Morgan fingerprint density at radius 1 is 0.875 bits per heavy atom. The van der Waals surface area contributed by atoms with E-state index in [-0.39, 0.29) is 5.91 Å². The van der Waals surface area contributed by atoms with Crippen LogP contribution < -0.4 is 14.4 Å². The quantitative estimate of drug-likeness (QED) is 0.444. The summed E-state index contributed by atoms with van der Waals surface area (Å²) in [7, 11) is 3.18. The van der Waals surface area contributed by atoms with E-state index >= 15 is 0 Å². The Labute approximate surface area is 192 Å². The minimum atomic E-state index is -0.130. The second kappa shape index (κ2) is 9.32. The Balaban J connectivity index is 1.80. The van der Waals surface area contributed by atoms with Crippen molar-refractivity contribution in [3.8, 4) is 11.5 Å². The number of nitrogens with zero attached hydrogens (tertiary/aromatic N) is 2. The number of aryl methyl sites for hydroxylation is 2. The van der Waals surface area contributed by atoms with Crippen LogP contribution in [-0.2, 0) is 4.79 Å². The van der Waals surface area contributed by atoms with Gasteiger partial charge in [-0.3, -0.25) is 9.69 Å². The Hall–Kier alpha value is -3.51. The van der Waals surface area contributed by atoms with Crippen molar-refractivity contribution in [2.24, 2.45) is 4.99 Å². The predicted octanol–water partition coefficient (Wildman–Crippen LogP) is 6.13. The first-order chi connectivity index (χ1) is 15.5. The molecule has 0 aliphatic carbocycles. The van der Waals surface area contributed by atoms with Gasteiger partial charge in [0.15, 0.2) is 16.7 Å². The highest BCUT2D eigenvalue weighted by Crippen LogP contribution is 2.40. The van der Waals surface area contributed by atoms with Crippen LogP contribution in [0, 0.1) is 13.8 Å². The molecule has 0 bridgehead atoms. The lowest BCUT2D eigenvalue weighted by atomic mass is 10.1. The van der Waals surface area contributed by atoms with Gasteiger partial charge in [-0.05, 0) is 62.0 Å². The second-order valence-corrected chi connectivity index (χ2v) is 8.41. The van der Waals surface area contributed by atoms with E-state index in [2.05, 4.69) is 0 Å². The number of ether oxygens (including phenoxy) is 2. The summed E-state index contributed by atoms with van der Waals surface area (Å²) < 4.78 is 10.9. The molecule has 5 nitrogen and oxygen atoms in total. The molecule has 1 saturated heterocycles. The molecule has 1 aliphatic heterocycles. The summed E-state index contributed by atoms with van der Waals surface area (Å²) in [5, 5.41) is 0.607. The van der Waals surface area contributed by atoms with Crippen LogP contribution in [0.5, 0.6) is 11.5 Å². The van der Waals surface area contributed by atoms with Gasteiger partial charge in [0.2, 0.25) is 0 Å². The monoisotopic (exact) mass is 444 g/mol. The molecule has 0 atom stereocenters. The normalized spacial score (nSPS) is 16.1. The summed E-state index contributed by atoms with van der Waals surface area (Å²) in [6, 6.07) is 21.4. The fraction of sp³-hybridized carbons (Fsp3) is 0.154. The van der Waals surface area contributed by atoms with Gasteiger partial charge in [-0.1, -0.05) is 47.5 Å². The third-order valence-electron chi connectivity index (χ3n) is 5.08. The smallest absolute Gasteiger partial charge is 0.271 e. The molecule has 0 N–H and O–H groups in total. The van der Waals surface area contributed by atoms with E-state index in [9.17, 15) is 4.79 Å². The molecule has 1 amide bonds. The maximum absolute atomic E-state index is 13.5. The highest BCUT2D eigenvalue weighted by atomic mass is 32.2. The highest BCUT2D eigenvalue weighted by Gasteiger charge is 2.35. The van der Waals surface area contributed by atoms with Crippen molar-refractivity contribution in [1.82, 2.24) is 0 Å². The molecule has 6 heteroatoms. The number of carbonyl (C=O) groups excluding carboxylic acids is 1. The Bertz CT molecular complexity index is 1200. The predicted molar refractivity (Wildman–Crippen MR) is 132 cm³/mol. The van der Waals surface area contributed by atoms with Crippen LogP contribution in [0.2, 0.25) is 0 Å². The largest absolute Gasteiger partial charge is 0.493 e. The number of benzene rings is 3. The number of hydrogen-bond donors (Lipinski definition) is 0. The van der Waals surface area contributed by atoms with Crippen molar-refractivity contribution in [1.29, 1.82) is 0 Å². The van der Waals surface area contributed by atoms with Gasteiger partial charge in [-0.2, -0.15) is 0 Å². The molecule has 4 rings (SSSR count). The van der Waals surface area contributed by atoms with E-state index in [0.717, 1.165) is 28.1 Å². The van der Waals surface area contributed by atoms with E-state index in [1.165, 1.54) is 11.8 Å². The molecule has 1 aliphatic rings. The SMILES string of the molecule is COc1cccc(/C=C2\SC(=Nc3ccc(C)cc3)N(c3ccc(C)cc3)C2=O)c1OC. The van der Waals surface area contributed by atoms with Gasteiger partial charge in [0.1, 0.15) is 0 Å². The summed E-state index contributed by atoms with van der Waals surface area (Å²) in [6.07, 6.45) is 1.83. The van der Waals surface area contributed by atoms with Gasteiger partial charge in [0, 0.05) is 5.56 Å². The molecule has 1 heterocycles. The molecule has 3 aromatic carbocycles. The van der Waals surface area contributed by atoms with Crippen LogP contribution in [0.15, 0.2) is 76.6 Å².